The van der Waals surface area contributed by atoms with Crippen molar-refractivity contribution in [2.75, 3.05) is 19.7 Å². The van der Waals surface area contributed by atoms with Gasteiger partial charge < -0.3 is 10.1 Å². The van der Waals surface area contributed by atoms with E-state index in [4.69, 9.17) is 4.74 Å². The van der Waals surface area contributed by atoms with Gasteiger partial charge in [-0.15, -0.1) is 5.10 Å². The van der Waals surface area contributed by atoms with E-state index in [9.17, 15) is 4.79 Å². The highest BCUT2D eigenvalue weighted by Crippen LogP contribution is 2.16. The first kappa shape index (κ1) is 10.5. The summed E-state index contributed by atoms with van der Waals surface area (Å²) in [6.45, 7) is 2.38. The van der Waals surface area contributed by atoms with E-state index in [2.05, 4.69) is 15.6 Å². The molecule has 6 heteroatoms. The van der Waals surface area contributed by atoms with Crippen LogP contribution < -0.4 is 5.32 Å². The van der Waals surface area contributed by atoms with Gasteiger partial charge in [-0.05, 0) is 18.9 Å². The lowest BCUT2D eigenvalue weighted by Gasteiger charge is -2.26. The summed E-state index contributed by atoms with van der Waals surface area (Å²) >= 11 is 0. The number of carbonyl (C=O) groups excluding carboxylic acids is 1. The first-order valence-electron chi connectivity index (χ1n) is 5.85. The SMILES string of the molecule is O=C(C1=CCCCO1)c1cn(C2CNC2)nn1. The van der Waals surface area contributed by atoms with Crippen molar-refractivity contribution in [3.8, 4) is 0 Å². The van der Waals surface area contributed by atoms with E-state index in [1.165, 1.54) is 0 Å². The van der Waals surface area contributed by atoms with Crippen LogP contribution in [0.5, 0.6) is 0 Å². The standard InChI is InChI=1S/C11H14N4O2/c16-11(10-3-1-2-4-17-10)9-7-15(14-13-9)8-5-12-6-8/h3,7-8,12H,1-2,4-6H2. The number of nitrogens with one attached hydrogen (secondary N) is 1. The maximum Gasteiger partial charge on any atom is 0.249 e. The van der Waals surface area contributed by atoms with Gasteiger partial charge in [0.25, 0.3) is 0 Å². The zero-order valence-corrected chi connectivity index (χ0v) is 9.43. The molecule has 0 aliphatic carbocycles. The molecule has 0 radical (unpaired) electrons. The van der Waals surface area contributed by atoms with Gasteiger partial charge in [0.1, 0.15) is 0 Å². The van der Waals surface area contributed by atoms with Crippen LogP contribution in [-0.2, 0) is 4.74 Å². The van der Waals surface area contributed by atoms with Crippen molar-refractivity contribution in [3.63, 3.8) is 0 Å². The van der Waals surface area contributed by atoms with Crippen LogP contribution in [0, 0.1) is 0 Å². The van der Waals surface area contributed by atoms with Crippen LogP contribution >= 0.6 is 0 Å². The summed E-state index contributed by atoms with van der Waals surface area (Å²) < 4.78 is 7.07. The summed E-state index contributed by atoms with van der Waals surface area (Å²) in [5, 5.41) is 11.0. The van der Waals surface area contributed by atoms with Crippen molar-refractivity contribution in [2.45, 2.75) is 18.9 Å². The molecule has 0 atom stereocenters. The van der Waals surface area contributed by atoms with Crippen molar-refractivity contribution < 1.29 is 9.53 Å². The van der Waals surface area contributed by atoms with Gasteiger partial charge in [0.15, 0.2) is 11.5 Å². The van der Waals surface area contributed by atoms with E-state index in [1.54, 1.807) is 10.9 Å². The van der Waals surface area contributed by atoms with E-state index in [1.807, 2.05) is 6.08 Å². The van der Waals surface area contributed by atoms with E-state index >= 15 is 0 Å². The third kappa shape index (κ3) is 1.95. The highest BCUT2D eigenvalue weighted by molar-refractivity contribution is 6.05. The summed E-state index contributed by atoms with van der Waals surface area (Å²) in [5.74, 6) is 0.248. The fourth-order valence-corrected chi connectivity index (χ4v) is 1.86. The minimum atomic E-state index is -0.164. The van der Waals surface area contributed by atoms with Gasteiger partial charge in [0.2, 0.25) is 5.78 Å². The minimum absolute atomic E-state index is 0.164. The fourth-order valence-electron chi connectivity index (χ4n) is 1.86. The molecule has 6 nitrogen and oxygen atoms in total. The van der Waals surface area contributed by atoms with Gasteiger partial charge in [-0.3, -0.25) is 4.79 Å². The molecule has 90 valence electrons. The van der Waals surface area contributed by atoms with Crippen LogP contribution in [-0.4, -0.2) is 40.5 Å². The van der Waals surface area contributed by atoms with Crippen molar-refractivity contribution in [2.24, 2.45) is 0 Å². The Labute approximate surface area is 98.6 Å². The molecule has 1 saturated heterocycles. The average Bonchev–Trinajstić information content (AvgIpc) is 2.76. The van der Waals surface area contributed by atoms with Crippen LogP contribution in [0.1, 0.15) is 29.4 Å². The molecular formula is C11H14N4O2. The number of Topliss-reactive ketones (excluding diaryl/α,β-unsaturated/α-hetero) is 1. The highest BCUT2D eigenvalue weighted by Gasteiger charge is 2.24. The Morgan fingerprint density at radius 3 is 3.06 bits per heavy atom. The summed E-state index contributed by atoms with van der Waals surface area (Å²) in [5.41, 5.74) is 0.366. The Morgan fingerprint density at radius 1 is 1.53 bits per heavy atom. The minimum Gasteiger partial charge on any atom is -0.490 e. The lowest BCUT2D eigenvalue weighted by Crippen LogP contribution is -2.43. The molecule has 3 heterocycles. The van der Waals surface area contributed by atoms with E-state index < -0.39 is 0 Å². The van der Waals surface area contributed by atoms with Crippen LogP contribution in [0.4, 0.5) is 0 Å². The maximum absolute atomic E-state index is 12.0. The molecule has 1 aromatic rings. The Bertz CT molecular complexity index is 462. The van der Waals surface area contributed by atoms with Crippen molar-refractivity contribution in [3.05, 3.63) is 23.7 Å². The monoisotopic (exact) mass is 234 g/mol. The van der Waals surface area contributed by atoms with E-state index in [-0.39, 0.29) is 5.78 Å². The second-order valence-electron chi connectivity index (χ2n) is 4.28. The normalized spacial score (nSPS) is 20.4. The highest BCUT2D eigenvalue weighted by atomic mass is 16.5. The number of allylic oxidation sites excluding steroid dienone is 2. The third-order valence-electron chi connectivity index (χ3n) is 3.04. The third-order valence-corrected chi connectivity index (χ3v) is 3.04. The molecule has 17 heavy (non-hydrogen) atoms. The Hall–Kier alpha value is -1.69. The Balaban J connectivity index is 1.76. The molecule has 0 amide bonds. The number of ether oxygens (including phenoxy) is 1. The predicted octanol–water partition coefficient (Wildman–Crippen LogP) is 0.299. The Kier molecular flexibility index (Phi) is 2.64. The van der Waals surface area contributed by atoms with Crippen molar-refractivity contribution >= 4 is 5.78 Å². The Morgan fingerprint density at radius 2 is 2.41 bits per heavy atom. The van der Waals surface area contributed by atoms with Crippen LogP contribution in [0.2, 0.25) is 0 Å². The van der Waals surface area contributed by atoms with Crippen LogP contribution in [0.3, 0.4) is 0 Å². The number of carbonyl (C=O) groups is 1. The number of hydrogen-bond acceptors (Lipinski definition) is 5. The number of ketones is 1. The molecule has 0 unspecified atom stereocenters. The van der Waals surface area contributed by atoms with Gasteiger partial charge in [0.05, 0.1) is 18.8 Å². The first-order chi connectivity index (χ1) is 8.34. The predicted molar refractivity (Wildman–Crippen MR) is 59.5 cm³/mol. The zero-order chi connectivity index (χ0) is 11.7. The first-order valence-corrected chi connectivity index (χ1v) is 5.85. The van der Waals surface area contributed by atoms with Gasteiger partial charge in [0, 0.05) is 13.1 Å². The summed E-state index contributed by atoms with van der Waals surface area (Å²) in [6.07, 6.45) is 5.39. The molecule has 0 bridgehead atoms. The van der Waals surface area contributed by atoms with Crippen molar-refractivity contribution in [1.29, 1.82) is 0 Å². The molecule has 0 aromatic carbocycles. The van der Waals surface area contributed by atoms with Crippen LogP contribution in [0.15, 0.2) is 18.0 Å². The molecule has 1 N–H and O–H groups in total. The summed E-state index contributed by atoms with van der Waals surface area (Å²) in [6, 6.07) is 0.324. The lowest BCUT2D eigenvalue weighted by atomic mass is 10.1. The van der Waals surface area contributed by atoms with Crippen LogP contribution in [0.25, 0.3) is 0 Å². The topological polar surface area (TPSA) is 69.0 Å². The average molecular weight is 234 g/mol. The van der Waals surface area contributed by atoms with E-state index in [0.29, 0.717) is 24.1 Å². The van der Waals surface area contributed by atoms with Crippen molar-refractivity contribution in [1.82, 2.24) is 20.3 Å². The smallest absolute Gasteiger partial charge is 0.249 e. The number of hydrogen-bond donors (Lipinski definition) is 1. The quantitative estimate of drug-likeness (QED) is 0.762. The molecular weight excluding hydrogens is 220 g/mol. The maximum atomic E-state index is 12.0. The zero-order valence-electron chi connectivity index (χ0n) is 9.43. The fraction of sp³-hybridized carbons (Fsp3) is 0.545. The second kappa shape index (κ2) is 4.29. The molecule has 0 spiro atoms. The molecule has 0 saturated carbocycles. The molecule has 1 fully saturated rings. The number of nitrogens with zero attached hydrogens (tertiary/aromatic N) is 3. The second-order valence-corrected chi connectivity index (χ2v) is 4.28. The number of aromatic nitrogens is 3. The number of rotatable bonds is 3. The molecule has 2 aliphatic heterocycles. The largest absolute Gasteiger partial charge is 0.490 e. The van der Waals surface area contributed by atoms with E-state index in [0.717, 1.165) is 25.9 Å². The van der Waals surface area contributed by atoms with Gasteiger partial charge in [-0.25, -0.2) is 4.68 Å². The molecule has 2 aliphatic rings. The van der Waals surface area contributed by atoms with Gasteiger partial charge in [-0.2, -0.15) is 0 Å². The molecule has 3 rings (SSSR count). The van der Waals surface area contributed by atoms with Gasteiger partial charge >= 0.3 is 0 Å². The lowest BCUT2D eigenvalue weighted by molar-refractivity contribution is 0.0894. The van der Waals surface area contributed by atoms with Gasteiger partial charge in [-0.1, -0.05) is 5.21 Å². The summed E-state index contributed by atoms with van der Waals surface area (Å²) in [7, 11) is 0. The summed E-state index contributed by atoms with van der Waals surface area (Å²) in [4.78, 5) is 12.0. The molecule has 1 aromatic heterocycles.